The van der Waals surface area contributed by atoms with Crippen molar-refractivity contribution in [2.45, 2.75) is 32.1 Å². The van der Waals surface area contributed by atoms with E-state index in [9.17, 15) is 9.59 Å². The van der Waals surface area contributed by atoms with Gasteiger partial charge in [0.25, 0.3) is 5.91 Å². The van der Waals surface area contributed by atoms with Crippen LogP contribution in [0.5, 0.6) is 0 Å². The van der Waals surface area contributed by atoms with Crippen molar-refractivity contribution in [3.8, 4) is 0 Å². The van der Waals surface area contributed by atoms with Gasteiger partial charge < -0.3 is 9.80 Å². The van der Waals surface area contributed by atoms with Crippen molar-refractivity contribution in [2.24, 2.45) is 5.92 Å². The lowest BCUT2D eigenvalue weighted by molar-refractivity contribution is -0.128. The first kappa shape index (κ1) is 22.0. The number of aryl methyl sites for hydroxylation is 1. The Kier molecular flexibility index (Phi) is 6.84. The molecule has 0 atom stereocenters. The first-order chi connectivity index (χ1) is 15.5. The minimum absolute atomic E-state index is 0.0388. The lowest BCUT2D eigenvalue weighted by atomic mass is 9.89. The van der Waals surface area contributed by atoms with E-state index < -0.39 is 0 Å². The Morgan fingerprint density at radius 3 is 2.38 bits per heavy atom. The molecule has 0 bridgehead atoms. The fourth-order valence-electron chi connectivity index (χ4n) is 4.43. The number of carbonyl (C=O) groups is 2. The van der Waals surface area contributed by atoms with Crippen LogP contribution in [-0.4, -0.2) is 53.8 Å². The lowest BCUT2D eigenvalue weighted by Crippen LogP contribution is -2.39. The van der Waals surface area contributed by atoms with Crippen LogP contribution in [0.1, 0.15) is 40.9 Å². The van der Waals surface area contributed by atoms with Crippen LogP contribution in [0.2, 0.25) is 0 Å². The van der Waals surface area contributed by atoms with Gasteiger partial charge in [0, 0.05) is 45.2 Å². The fourth-order valence-corrected chi connectivity index (χ4v) is 4.43. The molecule has 1 aliphatic rings. The molecule has 1 saturated heterocycles. The van der Waals surface area contributed by atoms with Gasteiger partial charge in [0.15, 0.2) is 0 Å². The first-order valence-corrected chi connectivity index (χ1v) is 11.4. The third-order valence-corrected chi connectivity index (χ3v) is 6.45. The summed E-state index contributed by atoms with van der Waals surface area (Å²) in [6.45, 7) is 1.55. The van der Waals surface area contributed by atoms with E-state index in [0.29, 0.717) is 18.0 Å². The highest BCUT2D eigenvalue weighted by molar-refractivity contribution is 6.05. The highest BCUT2D eigenvalue weighted by Gasteiger charge is 2.25. The molecule has 166 valence electrons. The summed E-state index contributed by atoms with van der Waals surface area (Å²) in [5.41, 5.74) is 3.09. The third-order valence-electron chi connectivity index (χ3n) is 6.45. The van der Waals surface area contributed by atoms with E-state index in [-0.39, 0.29) is 11.8 Å². The zero-order chi connectivity index (χ0) is 22.5. The Labute approximate surface area is 190 Å². The summed E-state index contributed by atoms with van der Waals surface area (Å²) in [6, 6.07) is 18.5. The number of amides is 2. The van der Waals surface area contributed by atoms with Crippen molar-refractivity contribution >= 4 is 22.6 Å². The number of aromatic nitrogens is 1. The van der Waals surface area contributed by atoms with Gasteiger partial charge in [0.2, 0.25) is 5.91 Å². The summed E-state index contributed by atoms with van der Waals surface area (Å²) in [5, 5.41) is 1.98. The molecule has 0 spiro atoms. The van der Waals surface area contributed by atoms with Gasteiger partial charge in [0.05, 0.1) is 0 Å². The number of nitrogens with zero attached hydrogens (tertiary/aromatic N) is 3. The summed E-state index contributed by atoms with van der Waals surface area (Å²) >= 11 is 0. The Balaban J connectivity index is 1.30. The standard InChI is InChI=1S/C27H31N3O2/c1-29(2)25(31)12-11-20-7-9-21(10-8-20)19-22-14-17-30(18-15-22)27(32)26-24-6-4-3-5-23(24)13-16-28-26/h3-10,13,16,22H,11-12,14-15,17-19H2,1-2H3. The number of likely N-dealkylation sites (tertiary alicyclic amines) is 1. The van der Waals surface area contributed by atoms with Crippen LogP contribution in [0, 0.1) is 5.92 Å². The van der Waals surface area contributed by atoms with Crippen molar-refractivity contribution in [3.63, 3.8) is 0 Å². The Morgan fingerprint density at radius 2 is 1.66 bits per heavy atom. The van der Waals surface area contributed by atoms with E-state index in [1.807, 2.05) is 35.2 Å². The topological polar surface area (TPSA) is 53.5 Å². The lowest BCUT2D eigenvalue weighted by Gasteiger charge is -2.32. The molecule has 2 amide bonds. The molecule has 1 aliphatic heterocycles. The highest BCUT2D eigenvalue weighted by atomic mass is 16.2. The zero-order valence-corrected chi connectivity index (χ0v) is 19.0. The van der Waals surface area contributed by atoms with Crippen molar-refractivity contribution in [2.75, 3.05) is 27.2 Å². The van der Waals surface area contributed by atoms with E-state index in [2.05, 4.69) is 29.2 Å². The summed E-state index contributed by atoms with van der Waals surface area (Å²) < 4.78 is 0. The predicted octanol–water partition coefficient (Wildman–Crippen LogP) is 4.35. The molecule has 2 aromatic carbocycles. The second-order valence-electron chi connectivity index (χ2n) is 8.93. The molecule has 1 aromatic heterocycles. The van der Waals surface area contributed by atoms with Crippen LogP contribution >= 0.6 is 0 Å². The predicted molar refractivity (Wildman–Crippen MR) is 128 cm³/mol. The largest absolute Gasteiger partial charge is 0.349 e. The Morgan fingerprint density at radius 1 is 0.969 bits per heavy atom. The number of rotatable bonds is 6. The van der Waals surface area contributed by atoms with Gasteiger partial charge in [-0.15, -0.1) is 0 Å². The van der Waals surface area contributed by atoms with Gasteiger partial charge in [-0.1, -0.05) is 48.5 Å². The molecular formula is C27H31N3O2. The molecule has 0 unspecified atom stereocenters. The molecule has 0 aliphatic carbocycles. The molecular weight excluding hydrogens is 398 g/mol. The average Bonchev–Trinajstić information content (AvgIpc) is 2.83. The molecule has 3 aromatic rings. The van der Waals surface area contributed by atoms with E-state index in [1.165, 1.54) is 11.1 Å². The van der Waals surface area contributed by atoms with Crippen LogP contribution in [0.4, 0.5) is 0 Å². The number of carbonyl (C=O) groups excluding carboxylic acids is 2. The van der Waals surface area contributed by atoms with Crippen molar-refractivity contribution in [3.05, 3.63) is 77.6 Å². The molecule has 32 heavy (non-hydrogen) atoms. The minimum atomic E-state index is 0.0388. The van der Waals surface area contributed by atoms with E-state index in [0.717, 1.165) is 49.5 Å². The van der Waals surface area contributed by atoms with Gasteiger partial charge in [0.1, 0.15) is 5.69 Å². The maximum absolute atomic E-state index is 13.1. The smallest absolute Gasteiger partial charge is 0.273 e. The highest BCUT2D eigenvalue weighted by Crippen LogP contribution is 2.25. The van der Waals surface area contributed by atoms with Gasteiger partial charge >= 0.3 is 0 Å². The summed E-state index contributed by atoms with van der Waals surface area (Å²) in [6.07, 6.45) is 6.10. The molecule has 4 rings (SSSR count). The third kappa shape index (κ3) is 5.16. The molecule has 0 saturated carbocycles. The molecule has 0 radical (unpaired) electrons. The van der Waals surface area contributed by atoms with Gasteiger partial charge in [-0.2, -0.15) is 0 Å². The molecule has 2 heterocycles. The van der Waals surface area contributed by atoms with E-state index in [4.69, 9.17) is 0 Å². The second-order valence-corrected chi connectivity index (χ2v) is 8.93. The van der Waals surface area contributed by atoms with E-state index >= 15 is 0 Å². The quantitative estimate of drug-likeness (QED) is 0.585. The van der Waals surface area contributed by atoms with Crippen LogP contribution in [0.25, 0.3) is 10.8 Å². The Bertz CT molecular complexity index is 1080. The molecule has 0 N–H and O–H groups in total. The molecule has 1 fully saturated rings. The number of piperidine rings is 1. The van der Waals surface area contributed by atoms with Crippen molar-refractivity contribution in [1.82, 2.24) is 14.8 Å². The summed E-state index contributed by atoms with van der Waals surface area (Å²) in [5.74, 6) is 0.784. The Hall–Kier alpha value is -3.21. The zero-order valence-electron chi connectivity index (χ0n) is 19.0. The van der Waals surface area contributed by atoms with Crippen LogP contribution in [-0.2, 0) is 17.6 Å². The normalized spacial score (nSPS) is 14.5. The van der Waals surface area contributed by atoms with Crippen LogP contribution < -0.4 is 0 Å². The number of fused-ring (bicyclic) bond motifs is 1. The first-order valence-electron chi connectivity index (χ1n) is 11.4. The number of benzene rings is 2. The van der Waals surface area contributed by atoms with Gasteiger partial charge in [-0.3, -0.25) is 14.6 Å². The molecule has 5 heteroatoms. The van der Waals surface area contributed by atoms with Crippen LogP contribution in [0.3, 0.4) is 0 Å². The van der Waals surface area contributed by atoms with Gasteiger partial charge in [-0.05, 0) is 54.2 Å². The molecule has 5 nitrogen and oxygen atoms in total. The summed E-state index contributed by atoms with van der Waals surface area (Å²) in [4.78, 5) is 32.9. The summed E-state index contributed by atoms with van der Waals surface area (Å²) in [7, 11) is 3.59. The van der Waals surface area contributed by atoms with Gasteiger partial charge in [-0.25, -0.2) is 0 Å². The maximum Gasteiger partial charge on any atom is 0.273 e. The average molecular weight is 430 g/mol. The van der Waals surface area contributed by atoms with Crippen molar-refractivity contribution < 1.29 is 9.59 Å². The second kappa shape index (κ2) is 9.94. The minimum Gasteiger partial charge on any atom is -0.349 e. The number of hydrogen-bond acceptors (Lipinski definition) is 3. The van der Waals surface area contributed by atoms with Crippen LogP contribution in [0.15, 0.2) is 60.8 Å². The fraction of sp³-hybridized carbons (Fsp3) is 0.370. The van der Waals surface area contributed by atoms with E-state index in [1.54, 1.807) is 25.2 Å². The number of pyridine rings is 1. The number of hydrogen-bond donors (Lipinski definition) is 0. The monoisotopic (exact) mass is 429 g/mol. The van der Waals surface area contributed by atoms with Crippen molar-refractivity contribution in [1.29, 1.82) is 0 Å². The SMILES string of the molecule is CN(C)C(=O)CCc1ccc(CC2CCN(C(=O)c3nccc4ccccc34)CC2)cc1. The maximum atomic E-state index is 13.1.